The molecule has 4 heterocycles. The Bertz CT molecular complexity index is 3470. The predicted molar refractivity (Wildman–Crippen MR) is 236 cm³/mol. The lowest BCUT2D eigenvalue weighted by molar-refractivity contribution is 0.668. The molecule has 0 N–H and O–H groups in total. The third kappa shape index (κ3) is 5.12. The molecule has 0 amide bonds. The Labute approximate surface area is 330 Å². The number of hydrogen-bond acceptors (Lipinski definition) is 5. The Morgan fingerprint density at radius 2 is 0.930 bits per heavy atom. The molecule has 0 saturated heterocycles. The lowest BCUT2D eigenvalue weighted by atomic mass is 10.0. The van der Waals surface area contributed by atoms with E-state index < -0.39 is 0 Å². The minimum absolute atomic E-state index is 0.593. The van der Waals surface area contributed by atoms with Gasteiger partial charge in [0.1, 0.15) is 11.2 Å². The van der Waals surface area contributed by atoms with Crippen LogP contribution in [0.25, 0.3) is 115 Å². The second-order valence-corrected chi connectivity index (χ2v) is 15.4. The van der Waals surface area contributed by atoms with Crippen molar-refractivity contribution in [3.63, 3.8) is 0 Å². The highest BCUT2D eigenvalue weighted by atomic mass is 32.1. The van der Waals surface area contributed by atoms with Gasteiger partial charge in [0.15, 0.2) is 17.5 Å². The number of nitrogens with zero attached hydrogens (tertiary/aromatic N) is 4. The smallest absolute Gasteiger partial charge is 0.164 e. The summed E-state index contributed by atoms with van der Waals surface area (Å²) >= 11 is 1.81. The summed E-state index contributed by atoms with van der Waals surface area (Å²) in [5.41, 5.74) is 10.2. The Balaban J connectivity index is 0.984. The highest BCUT2D eigenvalue weighted by Crippen LogP contribution is 2.42. The summed E-state index contributed by atoms with van der Waals surface area (Å²) in [4.78, 5) is 15.2. The first kappa shape index (κ1) is 31.9. The summed E-state index contributed by atoms with van der Waals surface area (Å²) in [5, 5.41) is 7.06. The van der Waals surface area contributed by atoms with E-state index in [1.165, 1.54) is 53.1 Å². The molecule has 8 aromatic carbocycles. The standard InChI is InChI=1S/C51H30N4OS/c1-3-12-31(13-4-1)36-18-11-19-42-41-26-23-34(29-47(41)57-48(36)42)51-53-49(32-14-5-2-6-15-32)52-50(54-51)33-22-25-39-40-27-24-35(30-46(40)56-45(39)28-33)55-43-20-9-7-16-37(43)38-17-8-10-21-44(38)55/h1-30H. The van der Waals surface area contributed by atoms with Gasteiger partial charge in [0.25, 0.3) is 0 Å². The van der Waals surface area contributed by atoms with Crippen molar-refractivity contribution >= 4 is 75.3 Å². The molecule has 4 aromatic heterocycles. The first-order valence-corrected chi connectivity index (χ1v) is 19.8. The number of hydrogen-bond donors (Lipinski definition) is 0. The fourth-order valence-electron chi connectivity index (χ4n) is 8.38. The molecule has 266 valence electrons. The molecule has 5 nitrogen and oxygen atoms in total. The topological polar surface area (TPSA) is 56.7 Å². The number of para-hydroxylation sites is 2. The first-order valence-electron chi connectivity index (χ1n) is 19.0. The largest absolute Gasteiger partial charge is 0.456 e. The van der Waals surface area contributed by atoms with E-state index in [9.17, 15) is 0 Å². The fraction of sp³-hybridized carbons (Fsp3) is 0. The second-order valence-electron chi connectivity index (χ2n) is 14.4. The van der Waals surface area contributed by atoms with E-state index in [1.807, 2.05) is 41.7 Å². The summed E-state index contributed by atoms with van der Waals surface area (Å²) in [6, 6.07) is 63.8. The van der Waals surface area contributed by atoms with Crippen molar-refractivity contribution in [2.24, 2.45) is 0 Å². The van der Waals surface area contributed by atoms with E-state index in [0.717, 1.165) is 44.3 Å². The van der Waals surface area contributed by atoms with Gasteiger partial charge < -0.3 is 8.98 Å². The van der Waals surface area contributed by atoms with E-state index >= 15 is 0 Å². The molecule has 0 aliphatic heterocycles. The van der Waals surface area contributed by atoms with Crippen LogP contribution in [0, 0.1) is 0 Å². The third-order valence-electron chi connectivity index (χ3n) is 11.1. The Hall–Kier alpha value is -7.41. The lowest BCUT2D eigenvalue weighted by Gasteiger charge is -2.08. The molecule has 0 unspecified atom stereocenters. The quantitative estimate of drug-likeness (QED) is 0.176. The molecule has 57 heavy (non-hydrogen) atoms. The molecule has 0 bridgehead atoms. The maximum Gasteiger partial charge on any atom is 0.164 e. The molecule has 12 aromatic rings. The molecule has 0 aliphatic rings. The Kier molecular flexibility index (Phi) is 7.03. The number of fused-ring (bicyclic) bond motifs is 9. The van der Waals surface area contributed by atoms with Gasteiger partial charge in [-0.15, -0.1) is 11.3 Å². The maximum absolute atomic E-state index is 6.64. The number of benzene rings is 8. The average Bonchev–Trinajstić information content (AvgIpc) is 3.95. The van der Waals surface area contributed by atoms with Crippen LogP contribution in [-0.2, 0) is 0 Å². The van der Waals surface area contributed by atoms with Gasteiger partial charge in [-0.25, -0.2) is 15.0 Å². The number of aromatic nitrogens is 4. The molecular formula is C51H30N4OS. The SMILES string of the molecule is c1ccc(-c2nc(-c3ccc4c(c3)oc3cc(-n5c6ccccc6c6ccccc65)ccc34)nc(-c3ccc4c(c3)sc3c(-c5ccccc5)cccc34)n2)cc1. The minimum atomic E-state index is 0.593. The van der Waals surface area contributed by atoms with Crippen molar-refractivity contribution in [3.8, 4) is 51.0 Å². The minimum Gasteiger partial charge on any atom is -0.456 e. The lowest BCUT2D eigenvalue weighted by Crippen LogP contribution is -2.00. The van der Waals surface area contributed by atoms with Gasteiger partial charge in [-0.05, 0) is 53.6 Å². The van der Waals surface area contributed by atoms with Gasteiger partial charge in [-0.1, -0.05) is 133 Å². The summed E-state index contributed by atoms with van der Waals surface area (Å²) in [7, 11) is 0. The number of thiophene rings is 1. The van der Waals surface area contributed by atoms with Crippen LogP contribution in [0.5, 0.6) is 0 Å². The summed E-state index contributed by atoms with van der Waals surface area (Å²) in [5.74, 6) is 1.84. The Morgan fingerprint density at radius 3 is 1.63 bits per heavy atom. The van der Waals surface area contributed by atoms with Gasteiger partial charge in [0.05, 0.1) is 11.0 Å². The predicted octanol–water partition coefficient (Wildman–Crippen LogP) is 13.9. The van der Waals surface area contributed by atoms with E-state index in [4.69, 9.17) is 19.4 Å². The highest BCUT2D eigenvalue weighted by molar-refractivity contribution is 7.26. The third-order valence-corrected chi connectivity index (χ3v) is 12.3. The van der Waals surface area contributed by atoms with Gasteiger partial charge in [0.2, 0.25) is 0 Å². The van der Waals surface area contributed by atoms with Crippen molar-refractivity contribution in [1.82, 2.24) is 19.5 Å². The molecule has 6 heteroatoms. The zero-order valence-electron chi connectivity index (χ0n) is 30.4. The van der Waals surface area contributed by atoms with Crippen molar-refractivity contribution in [3.05, 3.63) is 182 Å². The molecule has 12 rings (SSSR count). The molecular weight excluding hydrogens is 717 g/mol. The van der Waals surface area contributed by atoms with Crippen LogP contribution in [0.2, 0.25) is 0 Å². The van der Waals surface area contributed by atoms with Crippen LogP contribution >= 0.6 is 11.3 Å². The molecule has 0 aliphatic carbocycles. The van der Waals surface area contributed by atoms with Crippen molar-refractivity contribution in [2.75, 3.05) is 0 Å². The van der Waals surface area contributed by atoms with Crippen molar-refractivity contribution < 1.29 is 4.42 Å². The van der Waals surface area contributed by atoms with Gasteiger partial charge in [-0.3, -0.25) is 0 Å². The van der Waals surface area contributed by atoms with E-state index in [1.54, 1.807) is 0 Å². The van der Waals surface area contributed by atoms with Gasteiger partial charge in [-0.2, -0.15) is 0 Å². The molecule has 0 fully saturated rings. The zero-order valence-corrected chi connectivity index (χ0v) is 31.2. The van der Waals surface area contributed by atoms with Crippen molar-refractivity contribution in [2.45, 2.75) is 0 Å². The van der Waals surface area contributed by atoms with E-state index in [0.29, 0.717) is 17.5 Å². The van der Waals surface area contributed by atoms with Gasteiger partial charge >= 0.3 is 0 Å². The molecule has 0 atom stereocenters. The zero-order chi connectivity index (χ0) is 37.5. The van der Waals surface area contributed by atoms with E-state index in [2.05, 4.69) is 156 Å². The fourth-order valence-corrected chi connectivity index (χ4v) is 9.66. The number of furan rings is 1. The van der Waals surface area contributed by atoms with Crippen LogP contribution in [0.15, 0.2) is 186 Å². The van der Waals surface area contributed by atoms with Crippen LogP contribution < -0.4 is 0 Å². The summed E-state index contributed by atoms with van der Waals surface area (Å²) in [6.45, 7) is 0. The number of rotatable bonds is 5. The molecule has 0 radical (unpaired) electrons. The molecule has 0 spiro atoms. The maximum atomic E-state index is 6.64. The molecule has 0 saturated carbocycles. The summed E-state index contributed by atoms with van der Waals surface area (Å²) in [6.07, 6.45) is 0. The summed E-state index contributed by atoms with van der Waals surface area (Å²) < 4.78 is 11.4. The Morgan fingerprint density at radius 1 is 0.386 bits per heavy atom. The van der Waals surface area contributed by atoms with Crippen LogP contribution in [-0.4, -0.2) is 19.5 Å². The second kappa shape index (κ2) is 12.6. The normalized spacial score (nSPS) is 11.9. The average molecular weight is 747 g/mol. The highest BCUT2D eigenvalue weighted by Gasteiger charge is 2.18. The van der Waals surface area contributed by atoms with Gasteiger partial charge in [0, 0.05) is 70.2 Å². The van der Waals surface area contributed by atoms with Crippen LogP contribution in [0.1, 0.15) is 0 Å². The van der Waals surface area contributed by atoms with Crippen LogP contribution in [0.3, 0.4) is 0 Å². The van der Waals surface area contributed by atoms with Crippen molar-refractivity contribution in [1.29, 1.82) is 0 Å². The van der Waals surface area contributed by atoms with Crippen LogP contribution in [0.4, 0.5) is 0 Å². The monoisotopic (exact) mass is 746 g/mol. The van der Waals surface area contributed by atoms with E-state index in [-0.39, 0.29) is 0 Å². The first-order chi connectivity index (χ1) is 28.2.